The summed E-state index contributed by atoms with van der Waals surface area (Å²) in [5.41, 5.74) is 5.29. The van der Waals surface area contributed by atoms with E-state index < -0.39 is 0 Å². The van der Waals surface area contributed by atoms with Crippen LogP contribution in [0, 0.1) is 5.92 Å². The molecule has 1 aliphatic heterocycles. The molecule has 0 amide bonds. The number of H-pyrrole nitrogens is 1. The normalized spacial score (nSPS) is 31.0. The number of rotatable bonds is 1. The number of aromatic nitrogens is 2. The number of nitrogens with one attached hydrogen (secondary N) is 1. The van der Waals surface area contributed by atoms with Gasteiger partial charge in [0, 0.05) is 35.1 Å². The first-order chi connectivity index (χ1) is 11.7. The second kappa shape index (κ2) is 5.17. The van der Waals surface area contributed by atoms with Crippen molar-refractivity contribution in [3.63, 3.8) is 0 Å². The van der Waals surface area contributed by atoms with Gasteiger partial charge < -0.3 is 9.47 Å². The van der Waals surface area contributed by atoms with Crippen LogP contribution >= 0.6 is 0 Å². The van der Waals surface area contributed by atoms with E-state index in [9.17, 15) is 0 Å². The van der Waals surface area contributed by atoms with Crippen LogP contribution in [-0.2, 0) is 21.3 Å². The predicted octanol–water partition coefficient (Wildman–Crippen LogP) is 3.82. The van der Waals surface area contributed by atoms with Crippen molar-refractivity contribution in [2.75, 3.05) is 13.2 Å². The summed E-state index contributed by atoms with van der Waals surface area (Å²) in [6.45, 7) is 3.90. The highest BCUT2D eigenvalue weighted by molar-refractivity contribution is 5.65. The van der Waals surface area contributed by atoms with Crippen molar-refractivity contribution < 1.29 is 9.47 Å². The summed E-state index contributed by atoms with van der Waals surface area (Å²) in [5, 5.41) is 8.12. The fourth-order valence-corrected chi connectivity index (χ4v) is 5.10. The molecule has 4 heteroatoms. The van der Waals surface area contributed by atoms with Crippen molar-refractivity contribution in [1.82, 2.24) is 10.2 Å². The van der Waals surface area contributed by atoms with Gasteiger partial charge in [-0.15, -0.1) is 0 Å². The van der Waals surface area contributed by atoms with E-state index in [0.717, 1.165) is 44.6 Å². The zero-order chi connectivity index (χ0) is 16.2. The molecular weight excluding hydrogens is 300 g/mol. The maximum absolute atomic E-state index is 5.99. The minimum Gasteiger partial charge on any atom is -0.348 e. The second-order valence-corrected chi connectivity index (χ2v) is 7.76. The summed E-state index contributed by atoms with van der Waals surface area (Å²) in [6, 6.07) is 10.5. The molecule has 1 spiro atoms. The Balaban J connectivity index is 1.52. The molecule has 1 N–H and O–H groups in total. The number of aromatic amines is 1. The Bertz CT molecular complexity index is 748. The van der Waals surface area contributed by atoms with Gasteiger partial charge in [0.15, 0.2) is 5.79 Å². The van der Waals surface area contributed by atoms with Gasteiger partial charge >= 0.3 is 0 Å². The smallest absolute Gasteiger partial charge is 0.168 e. The highest BCUT2D eigenvalue weighted by atomic mass is 16.7. The fourth-order valence-electron chi connectivity index (χ4n) is 5.10. The van der Waals surface area contributed by atoms with Crippen LogP contribution in [0.25, 0.3) is 11.3 Å². The molecule has 0 bridgehead atoms. The average Bonchev–Trinajstić information content (AvgIpc) is 3.25. The van der Waals surface area contributed by atoms with Crippen LogP contribution in [0.15, 0.2) is 30.3 Å². The van der Waals surface area contributed by atoms with Crippen molar-refractivity contribution in [1.29, 1.82) is 0 Å². The van der Waals surface area contributed by atoms with Gasteiger partial charge in [-0.2, -0.15) is 5.10 Å². The summed E-state index contributed by atoms with van der Waals surface area (Å²) >= 11 is 0. The lowest BCUT2D eigenvalue weighted by Gasteiger charge is -2.49. The van der Waals surface area contributed by atoms with E-state index in [0.29, 0.717) is 5.92 Å². The maximum Gasteiger partial charge on any atom is 0.168 e. The Morgan fingerprint density at radius 3 is 2.71 bits per heavy atom. The van der Waals surface area contributed by atoms with Crippen LogP contribution in [0.5, 0.6) is 0 Å². The van der Waals surface area contributed by atoms with Crippen molar-refractivity contribution in [2.45, 2.75) is 50.2 Å². The van der Waals surface area contributed by atoms with E-state index in [1.807, 2.05) is 0 Å². The molecule has 2 aromatic rings. The molecule has 0 radical (unpaired) electrons. The zero-order valence-corrected chi connectivity index (χ0v) is 14.2. The molecule has 4 nitrogen and oxygen atoms in total. The summed E-state index contributed by atoms with van der Waals surface area (Å²) < 4.78 is 12.0. The molecule has 126 valence electrons. The first kappa shape index (κ1) is 14.7. The first-order valence-electron chi connectivity index (χ1n) is 9.11. The van der Waals surface area contributed by atoms with Crippen LogP contribution < -0.4 is 0 Å². The lowest BCUT2D eigenvalue weighted by molar-refractivity contribution is -0.199. The molecule has 2 heterocycles. The largest absolute Gasteiger partial charge is 0.348 e. The van der Waals surface area contributed by atoms with Crippen LogP contribution in [0.1, 0.15) is 43.9 Å². The molecule has 2 fully saturated rings. The molecule has 2 aliphatic carbocycles. The maximum atomic E-state index is 5.99. The minimum absolute atomic E-state index is 0.161. The lowest BCUT2D eigenvalue weighted by atomic mass is 9.58. The lowest BCUT2D eigenvalue weighted by Crippen LogP contribution is -2.49. The number of ether oxygens (including phenoxy) is 2. The third-order valence-electron chi connectivity index (χ3n) is 6.53. The second-order valence-electron chi connectivity index (χ2n) is 7.76. The SMILES string of the molecule is CC12CCC3(CC1CCc1c(-c4ccccc4)n[nH]c12)OCCO3. The third-order valence-corrected chi connectivity index (χ3v) is 6.53. The van der Waals surface area contributed by atoms with Gasteiger partial charge in [0.25, 0.3) is 0 Å². The summed E-state index contributed by atoms with van der Waals surface area (Å²) in [6.07, 6.45) is 5.38. The molecule has 1 aromatic heterocycles. The molecule has 1 saturated heterocycles. The van der Waals surface area contributed by atoms with Crippen molar-refractivity contribution in [3.05, 3.63) is 41.6 Å². The van der Waals surface area contributed by atoms with E-state index in [4.69, 9.17) is 14.6 Å². The molecule has 5 rings (SSSR count). The Labute approximate surface area is 142 Å². The quantitative estimate of drug-likeness (QED) is 0.867. The Hall–Kier alpha value is -1.65. The monoisotopic (exact) mass is 324 g/mol. The van der Waals surface area contributed by atoms with E-state index in [1.165, 1.54) is 23.2 Å². The Kier molecular flexibility index (Phi) is 3.16. The average molecular weight is 324 g/mol. The highest BCUT2D eigenvalue weighted by Crippen LogP contribution is 2.54. The highest BCUT2D eigenvalue weighted by Gasteiger charge is 2.53. The molecule has 2 atom stereocenters. The topological polar surface area (TPSA) is 47.1 Å². The van der Waals surface area contributed by atoms with Crippen LogP contribution in [0.2, 0.25) is 0 Å². The van der Waals surface area contributed by atoms with Gasteiger partial charge in [0.05, 0.1) is 18.9 Å². The van der Waals surface area contributed by atoms with E-state index in [1.54, 1.807) is 0 Å². The van der Waals surface area contributed by atoms with Crippen molar-refractivity contribution >= 4 is 0 Å². The predicted molar refractivity (Wildman–Crippen MR) is 91.7 cm³/mol. The van der Waals surface area contributed by atoms with Crippen LogP contribution in [0.4, 0.5) is 0 Å². The number of fused-ring (bicyclic) bond motifs is 3. The van der Waals surface area contributed by atoms with Gasteiger partial charge in [-0.25, -0.2) is 0 Å². The molecule has 2 unspecified atom stereocenters. The molecule has 1 aromatic carbocycles. The molecule has 24 heavy (non-hydrogen) atoms. The Morgan fingerprint density at radius 1 is 1.12 bits per heavy atom. The van der Waals surface area contributed by atoms with Gasteiger partial charge in [-0.3, -0.25) is 5.10 Å². The van der Waals surface area contributed by atoms with Crippen LogP contribution in [0.3, 0.4) is 0 Å². The summed E-state index contributed by atoms with van der Waals surface area (Å²) in [7, 11) is 0. The van der Waals surface area contributed by atoms with Crippen molar-refractivity contribution in [3.8, 4) is 11.3 Å². The van der Waals surface area contributed by atoms with Crippen molar-refractivity contribution in [2.24, 2.45) is 5.92 Å². The summed E-state index contributed by atoms with van der Waals surface area (Å²) in [5.74, 6) is 0.296. The zero-order valence-electron chi connectivity index (χ0n) is 14.2. The number of hydrogen-bond donors (Lipinski definition) is 1. The van der Waals surface area contributed by atoms with E-state index >= 15 is 0 Å². The van der Waals surface area contributed by atoms with Gasteiger partial charge in [-0.1, -0.05) is 37.3 Å². The molecule has 3 aliphatic rings. The first-order valence-corrected chi connectivity index (χ1v) is 9.11. The Morgan fingerprint density at radius 2 is 1.92 bits per heavy atom. The van der Waals surface area contributed by atoms with Gasteiger partial charge in [0.1, 0.15) is 0 Å². The standard InChI is InChI=1S/C20H24N2O2/c1-19-9-10-20(23-11-12-24-20)13-15(19)7-8-16-17(21-22-18(16)19)14-5-3-2-4-6-14/h2-6,15H,7-13H2,1H3,(H,21,22). The van der Waals surface area contributed by atoms with E-state index in [2.05, 4.69) is 42.4 Å². The van der Waals surface area contributed by atoms with Crippen LogP contribution in [-0.4, -0.2) is 29.2 Å². The number of hydrogen-bond acceptors (Lipinski definition) is 3. The molecule has 1 saturated carbocycles. The molecular formula is C20H24N2O2. The minimum atomic E-state index is -0.302. The third kappa shape index (κ3) is 2.02. The fraction of sp³-hybridized carbons (Fsp3) is 0.550. The van der Waals surface area contributed by atoms with Gasteiger partial charge in [-0.05, 0) is 25.2 Å². The number of benzene rings is 1. The van der Waals surface area contributed by atoms with Gasteiger partial charge in [0.2, 0.25) is 0 Å². The summed E-state index contributed by atoms with van der Waals surface area (Å²) in [4.78, 5) is 0. The van der Waals surface area contributed by atoms with E-state index in [-0.39, 0.29) is 11.2 Å². The number of nitrogens with zero attached hydrogens (tertiary/aromatic N) is 1.